The van der Waals surface area contributed by atoms with Gasteiger partial charge in [-0.15, -0.1) is 0 Å². The van der Waals surface area contributed by atoms with E-state index in [9.17, 15) is 9.59 Å². The second-order valence-corrected chi connectivity index (χ2v) is 7.55. The summed E-state index contributed by atoms with van der Waals surface area (Å²) >= 11 is 0. The van der Waals surface area contributed by atoms with E-state index in [-0.39, 0.29) is 11.8 Å². The number of carboxylic acid groups (broad SMARTS) is 1. The van der Waals surface area contributed by atoms with Crippen molar-refractivity contribution in [3.8, 4) is 0 Å². The molecule has 0 aromatic rings. The van der Waals surface area contributed by atoms with Crippen molar-refractivity contribution in [3.63, 3.8) is 0 Å². The minimum Gasteiger partial charge on any atom is -0.481 e. The van der Waals surface area contributed by atoms with E-state index >= 15 is 0 Å². The van der Waals surface area contributed by atoms with Crippen LogP contribution >= 0.6 is 0 Å². The summed E-state index contributed by atoms with van der Waals surface area (Å²) in [4.78, 5) is 26.2. The number of carboxylic acids is 1. The number of carbonyl (C=O) groups is 2. The third-order valence-electron chi connectivity index (χ3n) is 5.33. The fraction of sp³-hybridized carbons (Fsp3) is 0.889. The summed E-state index contributed by atoms with van der Waals surface area (Å²) in [5.74, 6) is 0.0406. The van der Waals surface area contributed by atoms with Gasteiger partial charge in [0.1, 0.15) is 0 Å². The highest BCUT2D eigenvalue weighted by atomic mass is 16.4. The summed E-state index contributed by atoms with van der Waals surface area (Å²) in [6.07, 6.45) is 8.62. The van der Waals surface area contributed by atoms with Crippen LogP contribution < -0.4 is 0 Å². The largest absolute Gasteiger partial charge is 0.481 e. The lowest BCUT2D eigenvalue weighted by atomic mass is 9.81. The number of aliphatic carboxylic acids is 1. The van der Waals surface area contributed by atoms with Crippen molar-refractivity contribution in [1.82, 2.24) is 4.90 Å². The standard InChI is InChI=1S/C18H31NO3/c1-13(2)12-16-6-4-3-5-11-19(16)17(20)14-7-9-15(10-8-14)18(21)22/h13-16H,3-12H2,1-2H3,(H,21,22). The molecule has 1 atom stereocenters. The van der Waals surface area contributed by atoms with E-state index in [1.165, 1.54) is 12.8 Å². The zero-order valence-electron chi connectivity index (χ0n) is 14.1. The van der Waals surface area contributed by atoms with E-state index in [2.05, 4.69) is 18.7 Å². The molecule has 126 valence electrons. The fourth-order valence-electron chi connectivity index (χ4n) is 4.08. The number of nitrogens with zero attached hydrogens (tertiary/aromatic N) is 1. The number of rotatable bonds is 4. The second-order valence-electron chi connectivity index (χ2n) is 7.55. The van der Waals surface area contributed by atoms with Crippen molar-refractivity contribution in [2.24, 2.45) is 17.8 Å². The number of hydrogen-bond acceptors (Lipinski definition) is 2. The van der Waals surface area contributed by atoms with E-state index in [4.69, 9.17) is 5.11 Å². The molecule has 0 spiro atoms. The lowest BCUT2D eigenvalue weighted by Gasteiger charge is -2.36. The number of likely N-dealkylation sites (tertiary alicyclic amines) is 1. The van der Waals surface area contributed by atoms with Crippen molar-refractivity contribution in [3.05, 3.63) is 0 Å². The van der Waals surface area contributed by atoms with Crippen LogP contribution in [0, 0.1) is 17.8 Å². The predicted octanol–water partition coefficient (Wildman–Crippen LogP) is 3.69. The van der Waals surface area contributed by atoms with Gasteiger partial charge in [-0.3, -0.25) is 9.59 Å². The van der Waals surface area contributed by atoms with Crippen molar-refractivity contribution < 1.29 is 14.7 Å². The molecule has 1 amide bonds. The van der Waals surface area contributed by atoms with Gasteiger partial charge < -0.3 is 10.0 Å². The molecule has 1 aliphatic carbocycles. The molecule has 1 unspecified atom stereocenters. The van der Waals surface area contributed by atoms with E-state index < -0.39 is 5.97 Å². The first kappa shape index (κ1) is 17.3. The average Bonchev–Trinajstić information content (AvgIpc) is 2.71. The number of amides is 1. The maximum Gasteiger partial charge on any atom is 0.306 e. The van der Waals surface area contributed by atoms with Gasteiger partial charge in [0.25, 0.3) is 0 Å². The minimum absolute atomic E-state index is 0.0587. The highest BCUT2D eigenvalue weighted by Crippen LogP contribution is 2.32. The molecule has 1 saturated carbocycles. The number of hydrogen-bond donors (Lipinski definition) is 1. The van der Waals surface area contributed by atoms with E-state index in [1.807, 2.05) is 0 Å². The summed E-state index contributed by atoms with van der Waals surface area (Å²) < 4.78 is 0. The van der Waals surface area contributed by atoms with Gasteiger partial charge in [0.15, 0.2) is 0 Å². The zero-order chi connectivity index (χ0) is 16.1. The van der Waals surface area contributed by atoms with Crippen LogP contribution in [0.4, 0.5) is 0 Å². The van der Waals surface area contributed by atoms with Crippen LogP contribution in [0.3, 0.4) is 0 Å². The Morgan fingerprint density at radius 2 is 1.64 bits per heavy atom. The Balaban J connectivity index is 1.97. The molecule has 1 aliphatic heterocycles. The molecule has 4 heteroatoms. The quantitative estimate of drug-likeness (QED) is 0.861. The third-order valence-corrected chi connectivity index (χ3v) is 5.33. The fourth-order valence-corrected chi connectivity index (χ4v) is 4.08. The molecule has 0 radical (unpaired) electrons. The zero-order valence-corrected chi connectivity index (χ0v) is 14.1. The highest BCUT2D eigenvalue weighted by molar-refractivity contribution is 5.80. The molecule has 22 heavy (non-hydrogen) atoms. The normalized spacial score (nSPS) is 30.1. The first-order chi connectivity index (χ1) is 10.5. The lowest BCUT2D eigenvalue weighted by Crippen LogP contribution is -2.45. The lowest BCUT2D eigenvalue weighted by molar-refractivity contribution is -0.146. The van der Waals surface area contributed by atoms with Crippen LogP contribution in [0.2, 0.25) is 0 Å². The van der Waals surface area contributed by atoms with Gasteiger partial charge in [-0.1, -0.05) is 26.7 Å². The molecule has 1 N–H and O–H groups in total. The Kier molecular flexibility index (Phi) is 6.27. The first-order valence-corrected chi connectivity index (χ1v) is 9.02. The maximum atomic E-state index is 13.0. The van der Waals surface area contributed by atoms with Gasteiger partial charge in [0.2, 0.25) is 5.91 Å². The Labute approximate surface area is 134 Å². The summed E-state index contributed by atoms with van der Waals surface area (Å²) in [5, 5.41) is 9.09. The molecule has 0 aromatic carbocycles. The van der Waals surface area contributed by atoms with Crippen molar-refractivity contribution >= 4 is 11.9 Å². The Bertz CT molecular complexity index is 386. The molecule has 2 rings (SSSR count). The van der Waals surface area contributed by atoms with Crippen LogP contribution in [0.15, 0.2) is 0 Å². The van der Waals surface area contributed by atoms with Crippen LogP contribution in [0.5, 0.6) is 0 Å². The van der Waals surface area contributed by atoms with Gasteiger partial charge in [0.05, 0.1) is 5.92 Å². The number of carbonyl (C=O) groups excluding carboxylic acids is 1. The minimum atomic E-state index is -0.696. The predicted molar refractivity (Wildman–Crippen MR) is 86.5 cm³/mol. The van der Waals surface area contributed by atoms with E-state index in [1.54, 1.807) is 0 Å². The summed E-state index contributed by atoms with van der Waals surface area (Å²) in [6, 6.07) is 0.396. The summed E-state index contributed by atoms with van der Waals surface area (Å²) in [7, 11) is 0. The van der Waals surface area contributed by atoms with Crippen molar-refractivity contribution in [1.29, 1.82) is 0 Å². The molecular weight excluding hydrogens is 278 g/mol. The highest BCUT2D eigenvalue weighted by Gasteiger charge is 2.34. The monoisotopic (exact) mass is 309 g/mol. The molecular formula is C18H31NO3. The SMILES string of the molecule is CC(C)CC1CCCCCN1C(=O)C1CCC(C(=O)O)CC1. The van der Waals surface area contributed by atoms with E-state index in [0.29, 0.717) is 30.7 Å². The second kappa shape index (κ2) is 7.98. The molecule has 2 aliphatic rings. The van der Waals surface area contributed by atoms with Gasteiger partial charge >= 0.3 is 5.97 Å². The van der Waals surface area contributed by atoms with Crippen LogP contribution in [0.25, 0.3) is 0 Å². The Morgan fingerprint density at radius 1 is 1.00 bits per heavy atom. The van der Waals surface area contributed by atoms with Crippen LogP contribution in [-0.2, 0) is 9.59 Å². The van der Waals surface area contributed by atoms with Crippen molar-refractivity contribution in [2.75, 3.05) is 6.54 Å². The Morgan fingerprint density at radius 3 is 2.23 bits per heavy atom. The van der Waals surface area contributed by atoms with Crippen LogP contribution in [-0.4, -0.2) is 34.5 Å². The Hall–Kier alpha value is -1.06. The molecule has 1 saturated heterocycles. The van der Waals surface area contributed by atoms with Gasteiger partial charge in [-0.2, -0.15) is 0 Å². The van der Waals surface area contributed by atoms with Gasteiger partial charge in [0, 0.05) is 18.5 Å². The summed E-state index contributed by atoms with van der Waals surface area (Å²) in [6.45, 7) is 5.35. The van der Waals surface area contributed by atoms with E-state index in [0.717, 1.165) is 38.6 Å². The smallest absolute Gasteiger partial charge is 0.306 e. The average molecular weight is 309 g/mol. The topological polar surface area (TPSA) is 57.6 Å². The first-order valence-electron chi connectivity index (χ1n) is 9.02. The molecule has 0 bridgehead atoms. The molecule has 2 fully saturated rings. The van der Waals surface area contributed by atoms with Gasteiger partial charge in [-0.25, -0.2) is 0 Å². The summed E-state index contributed by atoms with van der Waals surface area (Å²) in [5.41, 5.74) is 0. The van der Waals surface area contributed by atoms with Crippen LogP contribution in [0.1, 0.15) is 71.6 Å². The van der Waals surface area contributed by atoms with Gasteiger partial charge in [-0.05, 0) is 50.9 Å². The molecule has 0 aromatic heterocycles. The third kappa shape index (κ3) is 4.47. The molecule has 4 nitrogen and oxygen atoms in total. The molecule has 1 heterocycles. The van der Waals surface area contributed by atoms with Crippen molar-refractivity contribution in [2.45, 2.75) is 77.7 Å². The maximum absolute atomic E-state index is 13.0.